The number of carbonyl (C=O) groups excluding carboxylic acids is 1. The van der Waals surface area contributed by atoms with Gasteiger partial charge in [-0.1, -0.05) is 45.9 Å². The number of ether oxygens (including phenoxy) is 1. The van der Waals surface area contributed by atoms with Crippen LogP contribution in [0.3, 0.4) is 0 Å². The van der Waals surface area contributed by atoms with Gasteiger partial charge in [0.15, 0.2) is 5.69 Å². The number of rotatable bonds is 8. The van der Waals surface area contributed by atoms with Crippen molar-refractivity contribution in [2.45, 2.75) is 60.3 Å². The second kappa shape index (κ2) is 9.40. The number of aromatic nitrogens is 1. The quantitative estimate of drug-likeness (QED) is 0.555. The Labute approximate surface area is 162 Å². The topological polar surface area (TPSA) is 65.3 Å². The van der Waals surface area contributed by atoms with E-state index in [1.807, 2.05) is 32.0 Å². The summed E-state index contributed by atoms with van der Waals surface area (Å²) in [5.74, 6) is 0.171. The molecular weight excluding hydrogens is 340 g/mol. The van der Waals surface area contributed by atoms with E-state index in [1.165, 1.54) is 0 Å². The fourth-order valence-corrected chi connectivity index (χ4v) is 3.20. The zero-order chi connectivity index (χ0) is 20.0. The molecule has 5 nitrogen and oxygen atoms in total. The van der Waals surface area contributed by atoms with Crippen molar-refractivity contribution in [2.75, 3.05) is 11.9 Å². The van der Waals surface area contributed by atoms with Crippen LogP contribution in [0.1, 0.15) is 67.0 Å². The van der Waals surface area contributed by atoms with Crippen molar-refractivity contribution in [3.63, 3.8) is 0 Å². The largest absolute Gasteiger partial charge is 0.618 e. The van der Waals surface area contributed by atoms with Crippen LogP contribution in [0.4, 0.5) is 5.69 Å². The molecule has 0 aliphatic carbocycles. The summed E-state index contributed by atoms with van der Waals surface area (Å²) in [5, 5.41) is 15.6. The molecule has 0 bridgehead atoms. The molecule has 2 rings (SSSR count). The van der Waals surface area contributed by atoms with Gasteiger partial charge in [0.05, 0.1) is 6.61 Å². The van der Waals surface area contributed by atoms with E-state index >= 15 is 0 Å². The molecule has 0 saturated heterocycles. The van der Waals surface area contributed by atoms with E-state index in [2.05, 4.69) is 19.2 Å². The number of carbonyl (C=O) groups is 1. The molecule has 0 fully saturated rings. The molecule has 5 heteroatoms. The van der Waals surface area contributed by atoms with Gasteiger partial charge in [0, 0.05) is 25.1 Å². The van der Waals surface area contributed by atoms with Crippen LogP contribution in [-0.4, -0.2) is 12.5 Å². The van der Waals surface area contributed by atoms with Crippen molar-refractivity contribution in [2.24, 2.45) is 0 Å². The number of pyridine rings is 1. The van der Waals surface area contributed by atoms with Gasteiger partial charge in [-0.25, -0.2) is 0 Å². The first-order valence-corrected chi connectivity index (χ1v) is 9.79. The van der Waals surface area contributed by atoms with Gasteiger partial charge in [-0.2, -0.15) is 4.73 Å². The Hall–Kier alpha value is -2.56. The highest BCUT2D eigenvalue weighted by Crippen LogP contribution is 2.27. The molecule has 146 valence electrons. The minimum absolute atomic E-state index is 0.304. The Morgan fingerprint density at radius 2 is 1.74 bits per heavy atom. The van der Waals surface area contributed by atoms with Crippen molar-refractivity contribution in [3.8, 4) is 5.75 Å². The summed E-state index contributed by atoms with van der Waals surface area (Å²) in [5.41, 5.74) is 4.27. The summed E-state index contributed by atoms with van der Waals surface area (Å²) in [6.45, 7) is 10.2. The molecule has 1 heterocycles. The molecule has 2 aromatic rings. The molecule has 1 aromatic heterocycles. The second-order valence-corrected chi connectivity index (χ2v) is 6.57. The van der Waals surface area contributed by atoms with E-state index in [0.717, 1.165) is 40.8 Å². The Balaban J connectivity index is 2.51. The summed E-state index contributed by atoms with van der Waals surface area (Å²) in [6.07, 6.45) is 3.04. The molecule has 27 heavy (non-hydrogen) atoms. The maximum Gasteiger partial charge on any atom is 0.265 e. The van der Waals surface area contributed by atoms with Crippen LogP contribution in [0, 0.1) is 12.1 Å². The van der Waals surface area contributed by atoms with Gasteiger partial charge in [0.1, 0.15) is 11.3 Å². The van der Waals surface area contributed by atoms with Crippen molar-refractivity contribution < 1.29 is 14.3 Å². The Kier molecular flexibility index (Phi) is 7.22. The van der Waals surface area contributed by atoms with Gasteiger partial charge in [-0.05, 0) is 30.4 Å². The summed E-state index contributed by atoms with van der Waals surface area (Å²) in [7, 11) is 0. The number of aryl methyl sites for hydroxylation is 3. The third kappa shape index (κ3) is 4.41. The van der Waals surface area contributed by atoms with E-state index in [0.29, 0.717) is 35.7 Å². The van der Waals surface area contributed by atoms with Gasteiger partial charge < -0.3 is 15.3 Å². The van der Waals surface area contributed by atoms with E-state index in [1.54, 1.807) is 13.0 Å². The summed E-state index contributed by atoms with van der Waals surface area (Å²) in [6, 6.07) is 7.74. The van der Waals surface area contributed by atoms with Crippen LogP contribution >= 0.6 is 0 Å². The highest BCUT2D eigenvalue weighted by atomic mass is 16.5. The molecular formula is C22H30N2O3. The molecule has 0 spiro atoms. The number of para-hydroxylation sites is 1. The predicted octanol–water partition coefficient (Wildman–Crippen LogP) is 4.36. The van der Waals surface area contributed by atoms with Crippen LogP contribution in [0.15, 0.2) is 24.3 Å². The maximum atomic E-state index is 13.2. The zero-order valence-corrected chi connectivity index (χ0v) is 17.0. The van der Waals surface area contributed by atoms with E-state index in [9.17, 15) is 10.0 Å². The first-order valence-electron chi connectivity index (χ1n) is 9.79. The highest BCUT2D eigenvalue weighted by molar-refractivity contribution is 6.07. The number of nitrogens with zero attached hydrogens (tertiary/aromatic N) is 1. The molecule has 0 unspecified atom stereocenters. The molecule has 0 atom stereocenters. The minimum Gasteiger partial charge on any atom is -0.618 e. The lowest BCUT2D eigenvalue weighted by atomic mass is 10.0. The van der Waals surface area contributed by atoms with Gasteiger partial charge >= 0.3 is 0 Å². The van der Waals surface area contributed by atoms with Crippen LogP contribution < -0.4 is 14.8 Å². The normalized spacial score (nSPS) is 10.7. The lowest BCUT2D eigenvalue weighted by Gasteiger charge is -2.18. The number of hydrogen-bond acceptors (Lipinski definition) is 3. The Morgan fingerprint density at radius 3 is 2.26 bits per heavy atom. The van der Waals surface area contributed by atoms with Gasteiger partial charge in [-0.15, -0.1) is 0 Å². The first kappa shape index (κ1) is 20.7. The van der Waals surface area contributed by atoms with Gasteiger partial charge in [-0.3, -0.25) is 4.79 Å². The number of amides is 1. The van der Waals surface area contributed by atoms with Crippen LogP contribution in [0.25, 0.3) is 0 Å². The number of benzene rings is 1. The smallest absolute Gasteiger partial charge is 0.265 e. The first-order chi connectivity index (χ1) is 13.0. The van der Waals surface area contributed by atoms with E-state index in [-0.39, 0.29) is 5.91 Å². The third-order valence-corrected chi connectivity index (χ3v) is 4.76. The SMILES string of the molecule is CCCOc1cc(CC)[n+]([O-])c(C)c1C(=O)Nc1c(CC)cccc1CC. The molecule has 0 aliphatic rings. The van der Waals surface area contributed by atoms with Crippen LogP contribution in [-0.2, 0) is 19.3 Å². The molecule has 1 amide bonds. The van der Waals surface area contributed by atoms with Crippen molar-refractivity contribution in [1.82, 2.24) is 0 Å². The van der Waals surface area contributed by atoms with Crippen molar-refractivity contribution in [1.29, 1.82) is 0 Å². The van der Waals surface area contributed by atoms with Gasteiger partial charge in [0.25, 0.3) is 5.91 Å². The fourth-order valence-electron chi connectivity index (χ4n) is 3.20. The average molecular weight is 370 g/mol. The summed E-state index contributed by atoms with van der Waals surface area (Å²) in [4.78, 5) is 13.2. The number of hydrogen-bond donors (Lipinski definition) is 1. The lowest BCUT2D eigenvalue weighted by Crippen LogP contribution is -2.38. The Bertz CT molecular complexity index is 793. The third-order valence-electron chi connectivity index (χ3n) is 4.76. The standard InChI is InChI=1S/C22H30N2O3/c1-6-13-27-19-14-18(9-4)24(26)15(5)20(19)22(25)23-21-16(7-2)11-10-12-17(21)8-3/h10-12,14H,6-9,13H2,1-5H3,(H,23,25). The maximum absolute atomic E-state index is 13.2. The molecule has 1 N–H and O–H groups in total. The molecule has 0 aliphatic heterocycles. The van der Waals surface area contributed by atoms with E-state index < -0.39 is 0 Å². The summed E-state index contributed by atoms with van der Waals surface area (Å²) < 4.78 is 6.66. The van der Waals surface area contributed by atoms with Crippen molar-refractivity contribution >= 4 is 11.6 Å². The fraction of sp³-hybridized carbons (Fsp3) is 0.455. The monoisotopic (exact) mass is 370 g/mol. The zero-order valence-electron chi connectivity index (χ0n) is 17.0. The van der Waals surface area contributed by atoms with Crippen molar-refractivity contribution in [3.05, 3.63) is 57.6 Å². The molecule has 0 saturated carbocycles. The van der Waals surface area contributed by atoms with Crippen LogP contribution in [0.2, 0.25) is 0 Å². The summed E-state index contributed by atoms with van der Waals surface area (Å²) >= 11 is 0. The molecule has 0 radical (unpaired) electrons. The van der Waals surface area contributed by atoms with E-state index in [4.69, 9.17) is 4.74 Å². The van der Waals surface area contributed by atoms with Gasteiger partial charge in [0.2, 0.25) is 5.69 Å². The Morgan fingerprint density at radius 1 is 1.11 bits per heavy atom. The predicted molar refractivity (Wildman–Crippen MR) is 108 cm³/mol. The minimum atomic E-state index is -0.304. The molecule has 1 aromatic carbocycles. The number of anilines is 1. The average Bonchev–Trinajstić information content (AvgIpc) is 2.68. The lowest BCUT2D eigenvalue weighted by molar-refractivity contribution is -0.620. The highest BCUT2D eigenvalue weighted by Gasteiger charge is 2.26. The number of nitrogens with one attached hydrogen (secondary N) is 1. The second-order valence-electron chi connectivity index (χ2n) is 6.57. The van der Waals surface area contributed by atoms with Crippen LogP contribution in [0.5, 0.6) is 5.75 Å².